The molecule has 4 unspecified atom stereocenters. The van der Waals surface area contributed by atoms with E-state index in [1.54, 1.807) is 0 Å². The molecule has 0 aliphatic heterocycles. The minimum atomic E-state index is 0.516. The zero-order chi connectivity index (χ0) is 19.9. The van der Waals surface area contributed by atoms with E-state index in [-0.39, 0.29) is 0 Å². The Kier molecular flexibility index (Phi) is 9.57. The van der Waals surface area contributed by atoms with Gasteiger partial charge in [0.05, 0.1) is 0 Å². The summed E-state index contributed by atoms with van der Waals surface area (Å²) >= 11 is 2.25. The first kappa shape index (κ1) is 23.6. The lowest BCUT2D eigenvalue weighted by molar-refractivity contribution is 0.101. The van der Waals surface area contributed by atoms with Gasteiger partial charge in [0.2, 0.25) is 0 Å². The summed E-state index contributed by atoms with van der Waals surface area (Å²) in [5, 5.41) is 0. The highest BCUT2D eigenvalue weighted by Gasteiger charge is 2.34. The molecule has 160 valence electrons. The molecule has 0 heterocycles. The van der Waals surface area contributed by atoms with Gasteiger partial charge < -0.3 is 0 Å². The van der Waals surface area contributed by atoms with Crippen LogP contribution < -0.4 is 0 Å². The standard InChI is InChI=1S/C26H50S/c1-25(2,3)23-17-9-7-13-21(23)15-11-19-27-20-12-16-22-14-8-10-18-24(22)26(4,5)6/h21-24H,7-20H2,1-6H3. The molecule has 2 aliphatic carbocycles. The molecule has 0 radical (unpaired) electrons. The van der Waals surface area contributed by atoms with E-state index in [0.29, 0.717) is 10.8 Å². The Balaban J connectivity index is 1.59. The number of thioether (sulfide) groups is 1. The van der Waals surface area contributed by atoms with Crippen LogP contribution in [0.1, 0.15) is 119 Å². The van der Waals surface area contributed by atoms with Crippen LogP contribution >= 0.6 is 11.8 Å². The molecule has 2 fully saturated rings. The molecule has 0 saturated heterocycles. The van der Waals surface area contributed by atoms with Crippen molar-refractivity contribution in [1.29, 1.82) is 0 Å². The Bertz CT molecular complexity index is 361. The highest BCUT2D eigenvalue weighted by molar-refractivity contribution is 7.99. The van der Waals surface area contributed by atoms with Crippen LogP contribution in [0.25, 0.3) is 0 Å². The van der Waals surface area contributed by atoms with E-state index in [4.69, 9.17) is 0 Å². The van der Waals surface area contributed by atoms with Crippen molar-refractivity contribution in [2.24, 2.45) is 34.5 Å². The van der Waals surface area contributed by atoms with Gasteiger partial charge in [-0.25, -0.2) is 0 Å². The first-order valence-electron chi connectivity index (χ1n) is 12.3. The highest BCUT2D eigenvalue weighted by atomic mass is 32.2. The minimum Gasteiger partial charge on any atom is -0.162 e. The Labute approximate surface area is 176 Å². The van der Waals surface area contributed by atoms with Crippen LogP contribution in [0.3, 0.4) is 0 Å². The summed E-state index contributed by atoms with van der Waals surface area (Å²) in [7, 11) is 0. The van der Waals surface area contributed by atoms with Crippen molar-refractivity contribution >= 4 is 11.8 Å². The first-order chi connectivity index (χ1) is 12.7. The van der Waals surface area contributed by atoms with Crippen molar-refractivity contribution < 1.29 is 0 Å². The molecule has 2 saturated carbocycles. The lowest BCUT2D eigenvalue weighted by atomic mass is 9.65. The fraction of sp³-hybridized carbons (Fsp3) is 1.00. The maximum atomic E-state index is 2.47. The molecule has 27 heavy (non-hydrogen) atoms. The molecule has 0 nitrogen and oxygen atoms in total. The van der Waals surface area contributed by atoms with Gasteiger partial charge in [0.1, 0.15) is 0 Å². The van der Waals surface area contributed by atoms with Gasteiger partial charge in [0.25, 0.3) is 0 Å². The quantitative estimate of drug-likeness (QED) is 0.370. The van der Waals surface area contributed by atoms with Crippen LogP contribution in [-0.2, 0) is 0 Å². The third-order valence-corrected chi connectivity index (χ3v) is 8.92. The highest BCUT2D eigenvalue weighted by Crippen LogP contribution is 2.45. The number of hydrogen-bond donors (Lipinski definition) is 0. The maximum absolute atomic E-state index is 2.47. The molecule has 0 amide bonds. The molecule has 1 heteroatoms. The molecule has 0 bridgehead atoms. The van der Waals surface area contributed by atoms with E-state index in [9.17, 15) is 0 Å². The zero-order valence-corrected chi connectivity index (χ0v) is 20.4. The molecule has 0 aromatic carbocycles. The molecular weight excluding hydrogens is 344 g/mol. The van der Waals surface area contributed by atoms with Crippen LogP contribution in [0.15, 0.2) is 0 Å². The van der Waals surface area contributed by atoms with Gasteiger partial charge in [-0.1, -0.05) is 80.1 Å². The van der Waals surface area contributed by atoms with Gasteiger partial charge in [-0.05, 0) is 84.5 Å². The third-order valence-electron chi connectivity index (χ3n) is 7.77. The average molecular weight is 395 g/mol. The van der Waals surface area contributed by atoms with Crippen molar-refractivity contribution in [3.8, 4) is 0 Å². The molecule has 2 rings (SSSR count). The van der Waals surface area contributed by atoms with Gasteiger partial charge in [-0.3, -0.25) is 0 Å². The fourth-order valence-electron chi connectivity index (χ4n) is 6.38. The van der Waals surface area contributed by atoms with E-state index in [1.807, 2.05) is 0 Å². The van der Waals surface area contributed by atoms with Crippen LogP contribution in [0.2, 0.25) is 0 Å². The summed E-state index contributed by atoms with van der Waals surface area (Å²) in [5.74, 6) is 6.76. The Morgan fingerprint density at radius 1 is 0.593 bits per heavy atom. The van der Waals surface area contributed by atoms with Gasteiger partial charge in [0, 0.05) is 0 Å². The molecule has 0 spiro atoms. The van der Waals surface area contributed by atoms with Gasteiger partial charge >= 0.3 is 0 Å². The van der Waals surface area contributed by atoms with Crippen LogP contribution in [0.4, 0.5) is 0 Å². The summed E-state index contributed by atoms with van der Waals surface area (Å²) < 4.78 is 0. The van der Waals surface area contributed by atoms with Crippen LogP contribution in [0, 0.1) is 34.5 Å². The Morgan fingerprint density at radius 2 is 0.963 bits per heavy atom. The first-order valence-corrected chi connectivity index (χ1v) is 13.4. The SMILES string of the molecule is CC(C)(C)C1CCCCC1CCCSCCCC1CCCCC1C(C)(C)C. The van der Waals surface area contributed by atoms with Crippen LogP contribution in [-0.4, -0.2) is 11.5 Å². The number of hydrogen-bond acceptors (Lipinski definition) is 1. The van der Waals surface area contributed by atoms with Crippen LogP contribution in [0.5, 0.6) is 0 Å². The summed E-state index contributed by atoms with van der Waals surface area (Å²) in [6.45, 7) is 14.8. The van der Waals surface area contributed by atoms with Crippen molar-refractivity contribution in [3.05, 3.63) is 0 Å². The second-order valence-corrected chi connectivity index (χ2v) is 13.2. The smallest absolute Gasteiger partial charge is 0.00674 e. The molecule has 4 atom stereocenters. The summed E-state index contributed by atoms with van der Waals surface area (Å²) in [6.07, 6.45) is 17.8. The topological polar surface area (TPSA) is 0 Å². The van der Waals surface area contributed by atoms with Gasteiger partial charge in [0.15, 0.2) is 0 Å². The largest absolute Gasteiger partial charge is 0.162 e. The summed E-state index contributed by atoms with van der Waals surface area (Å²) in [6, 6.07) is 0. The van der Waals surface area contributed by atoms with E-state index in [0.717, 1.165) is 23.7 Å². The monoisotopic (exact) mass is 394 g/mol. The van der Waals surface area contributed by atoms with Crippen molar-refractivity contribution in [2.45, 2.75) is 119 Å². The molecule has 0 aromatic heterocycles. The fourth-order valence-corrected chi connectivity index (χ4v) is 7.33. The predicted octanol–water partition coefficient (Wildman–Crippen LogP) is 8.99. The maximum Gasteiger partial charge on any atom is -0.00674 e. The Hall–Kier alpha value is 0.350. The summed E-state index contributed by atoms with van der Waals surface area (Å²) in [5.41, 5.74) is 1.03. The normalized spacial score (nSPS) is 30.4. The zero-order valence-electron chi connectivity index (χ0n) is 19.6. The van der Waals surface area contributed by atoms with Gasteiger partial charge in [-0.15, -0.1) is 0 Å². The summed E-state index contributed by atoms with van der Waals surface area (Å²) in [4.78, 5) is 0. The van der Waals surface area contributed by atoms with E-state index >= 15 is 0 Å². The molecule has 0 aromatic rings. The minimum absolute atomic E-state index is 0.516. The third kappa shape index (κ3) is 7.94. The lowest BCUT2D eigenvalue weighted by Gasteiger charge is -2.41. The van der Waals surface area contributed by atoms with E-state index < -0.39 is 0 Å². The van der Waals surface area contributed by atoms with E-state index in [2.05, 4.69) is 53.3 Å². The predicted molar refractivity (Wildman–Crippen MR) is 126 cm³/mol. The average Bonchev–Trinajstić information content (AvgIpc) is 2.60. The van der Waals surface area contributed by atoms with Gasteiger partial charge in [-0.2, -0.15) is 11.8 Å². The van der Waals surface area contributed by atoms with Crippen molar-refractivity contribution in [2.75, 3.05) is 11.5 Å². The molecular formula is C26H50S. The molecule has 2 aliphatic rings. The van der Waals surface area contributed by atoms with E-state index in [1.165, 1.54) is 88.6 Å². The number of rotatable bonds is 8. The van der Waals surface area contributed by atoms with Crippen molar-refractivity contribution in [1.82, 2.24) is 0 Å². The second-order valence-electron chi connectivity index (χ2n) is 11.9. The van der Waals surface area contributed by atoms with Crippen molar-refractivity contribution in [3.63, 3.8) is 0 Å². The Morgan fingerprint density at radius 3 is 1.33 bits per heavy atom. The second kappa shape index (κ2) is 10.9. The lowest BCUT2D eigenvalue weighted by Crippen LogP contribution is -2.31. The molecule has 0 N–H and O–H groups in total.